The smallest absolute Gasteiger partial charge is 0.320 e. The Bertz CT molecular complexity index is 1160. The summed E-state index contributed by atoms with van der Waals surface area (Å²) in [4.78, 5) is 28.1. The number of nitrogens with zero attached hydrogens (tertiary/aromatic N) is 3. The lowest BCUT2D eigenvalue weighted by atomic mass is 10.2. The van der Waals surface area contributed by atoms with Crippen LogP contribution in [0.2, 0.25) is 0 Å². The van der Waals surface area contributed by atoms with E-state index in [0.717, 1.165) is 4.31 Å². The van der Waals surface area contributed by atoms with Gasteiger partial charge in [0.05, 0.1) is 18.1 Å². The number of carbonyl (C=O) groups is 2. The first kappa shape index (κ1) is 24.9. The molecule has 0 spiro atoms. The summed E-state index contributed by atoms with van der Waals surface area (Å²) in [6.45, 7) is 1.35. The van der Waals surface area contributed by atoms with Crippen LogP contribution in [-0.4, -0.2) is 91.6 Å². The van der Waals surface area contributed by atoms with E-state index in [9.17, 15) is 27.6 Å². The van der Waals surface area contributed by atoms with Crippen LogP contribution in [0.1, 0.15) is 0 Å². The number of rotatable bonds is 5. The van der Waals surface area contributed by atoms with E-state index in [0.29, 0.717) is 37.8 Å². The van der Waals surface area contributed by atoms with Crippen molar-refractivity contribution in [3.05, 3.63) is 54.3 Å². The molecule has 0 bridgehead atoms. The van der Waals surface area contributed by atoms with E-state index < -0.39 is 27.8 Å². The second kappa shape index (κ2) is 10.6. The highest BCUT2D eigenvalue weighted by molar-refractivity contribution is 7.89. The fourth-order valence-electron chi connectivity index (χ4n) is 3.92. The number of piperazine rings is 1. The van der Waals surface area contributed by atoms with Gasteiger partial charge in [-0.1, -0.05) is 0 Å². The van der Waals surface area contributed by atoms with Crippen molar-refractivity contribution in [3.8, 4) is 11.5 Å². The monoisotopic (exact) mass is 508 g/mol. The highest BCUT2D eigenvalue weighted by Gasteiger charge is 2.42. The number of nitrogens with one attached hydrogen (secondary N) is 1. The fraction of sp³-hybridized carbons (Fsp3) is 0.364. The van der Waals surface area contributed by atoms with E-state index >= 15 is 0 Å². The number of halogens is 1. The number of urea groups is 1. The van der Waals surface area contributed by atoms with Crippen molar-refractivity contribution >= 4 is 22.0 Å². The maximum Gasteiger partial charge on any atom is 0.320 e. The number of hydroxylamine groups is 1. The lowest BCUT2D eigenvalue weighted by Crippen LogP contribution is -2.63. The zero-order valence-electron chi connectivity index (χ0n) is 18.7. The Balaban J connectivity index is 1.50. The van der Waals surface area contributed by atoms with Crippen molar-refractivity contribution in [2.45, 2.75) is 10.9 Å². The normalized spacial score (nSPS) is 19.3. The van der Waals surface area contributed by atoms with Crippen LogP contribution in [0.3, 0.4) is 0 Å². The summed E-state index contributed by atoms with van der Waals surface area (Å²) in [5.74, 6) is -0.639. The van der Waals surface area contributed by atoms with E-state index in [4.69, 9.17) is 9.47 Å². The first-order valence-electron chi connectivity index (χ1n) is 10.9. The molecule has 2 aromatic carbocycles. The predicted octanol–water partition coefficient (Wildman–Crippen LogP) is 1.25. The molecule has 11 nitrogen and oxygen atoms in total. The van der Waals surface area contributed by atoms with Crippen molar-refractivity contribution < 1.29 is 37.1 Å². The lowest BCUT2D eigenvalue weighted by molar-refractivity contribution is -0.134. The number of carbonyl (C=O) groups excluding carboxylic acids is 2. The van der Waals surface area contributed by atoms with Crippen LogP contribution in [0.25, 0.3) is 0 Å². The van der Waals surface area contributed by atoms with Crippen LogP contribution in [0.15, 0.2) is 53.4 Å². The molecule has 2 saturated heterocycles. The Labute approximate surface area is 201 Å². The van der Waals surface area contributed by atoms with Crippen LogP contribution in [0.4, 0.5) is 9.18 Å². The van der Waals surface area contributed by atoms with Gasteiger partial charge in [0, 0.05) is 32.7 Å². The average Bonchev–Trinajstić information content (AvgIpc) is 2.89. The maximum atomic E-state index is 13.4. The van der Waals surface area contributed by atoms with Gasteiger partial charge in [-0.2, -0.15) is 4.31 Å². The molecule has 35 heavy (non-hydrogen) atoms. The van der Waals surface area contributed by atoms with Gasteiger partial charge in [-0.3, -0.25) is 10.0 Å². The fourth-order valence-corrected chi connectivity index (χ4v) is 5.49. The Hall–Kier alpha value is -3.26. The van der Waals surface area contributed by atoms with E-state index in [1.54, 1.807) is 4.90 Å². The summed E-state index contributed by atoms with van der Waals surface area (Å²) in [5.41, 5.74) is 1.50. The predicted molar refractivity (Wildman–Crippen MR) is 120 cm³/mol. The van der Waals surface area contributed by atoms with Crippen LogP contribution in [0.5, 0.6) is 11.5 Å². The van der Waals surface area contributed by atoms with Gasteiger partial charge in [0.25, 0.3) is 5.91 Å². The number of sulfonamides is 1. The summed E-state index contributed by atoms with van der Waals surface area (Å²) >= 11 is 0. The quantitative estimate of drug-likeness (QED) is 0.460. The lowest BCUT2D eigenvalue weighted by Gasteiger charge is -2.41. The molecule has 0 aliphatic carbocycles. The first-order chi connectivity index (χ1) is 16.8. The van der Waals surface area contributed by atoms with Gasteiger partial charge in [0.2, 0.25) is 10.0 Å². The third-order valence-electron chi connectivity index (χ3n) is 5.78. The van der Waals surface area contributed by atoms with Gasteiger partial charge < -0.3 is 19.3 Å². The Morgan fingerprint density at radius 1 is 0.943 bits per heavy atom. The van der Waals surface area contributed by atoms with E-state index in [1.165, 1.54) is 58.9 Å². The van der Waals surface area contributed by atoms with Crippen LogP contribution >= 0.6 is 0 Å². The van der Waals surface area contributed by atoms with E-state index in [2.05, 4.69) is 0 Å². The van der Waals surface area contributed by atoms with Crippen LogP contribution in [-0.2, 0) is 19.6 Å². The highest BCUT2D eigenvalue weighted by Crippen LogP contribution is 2.27. The summed E-state index contributed by atoms with van der Waals surface area (Å²) in [5, 5.41) is 9.22. The Kier molecular flexibility index (Phi) is 7.50. The summed E-state index contributed by atoms with van der Waals surface area (Å²) in [6.07, 6.45) is 0. The maximum absolute atomic E-state index is 13.4. The molecule has 4 rings (SSSR count). The largest absolute Gasteiger partial charge is 0.457 e. The molecule has 188 valence electrons. The molecule has 2 aromatic rings. The standard InChI is InChI=1S/C22H25FN4O7S/c23-16-1-3-17(4-2-16)34-18-5-7-19(8-6-18)35(31,32)27-10-9-26(15-20(27)21(28)24-30)22(29)25-11-13-33-14-12-25/h1-8,20,30H,9-15H2,(H,24,28)/t20-/m1/s1. The van der Waals surface area contributed by atoms with Gasteiger partial charge in [0.1, 0.15) is 23.4 Å². The summed E-state index contributed by atoms with van der Waals surface area (Å²) in [7, 11) is -4.15. The molecular weight excluding hydrogens is 483 g/mol. The number of benzene rings is 2. The molecule has 2 heterocycles. The molecule has 2 aliphatic heterocycles. The van der Waals surface area contributed by atoms with Crippen molar-refractivity contribution in [2.75, 3.05) is 45.9 Å². The minimum absolute atomic E-state index is 0.0798. The van der Waals surface area contributed by atoms with Crippen LogP contribution in [0, 0.1) is 5.82 Å². The average molecular weight is 509 g/mol. The van der Waals surface area contributed by atoms with Gasteiger partial charge in [-0.05, 0) is 48.5 Å². The van der Waals surface area contributed by atoms with Crippen molar-refractivity contribution in [2.24, 2.45) is 0 Å². The number of hydrogen-bond donors (Lipinski definition) is 2. The number of ether oxygens (including phenoxy) is 2. The third kappa shape index (κ3) is 5.53. The van der Waals surface area contributed by atoms with E-state index in [1.807, 2.05) is 0 Å². The zero-order valence-corrected chi connectivity index (χ0v) is 19.5. The molecule has 2 N–H and O–H groups in total. The zero-order chi connectivity index (χ0) is 25.0. The molecule has 1 atom stereocenters. The number of hydrogen-bond acceptors (Lipinski definition) is 7. The van der Waals surface area contributed by atoms with Crippen molar-refractivity contribution in [3.63, 3.8) is 0 Å². The second-order valence-corrected chi connectivity index (χ2v) is 9.85. The van der Waals surface area contributed by atoms with Gasteiger partial charge in [-0.25, -0.2) is 23.1 Å². The highest BCUT2D eigenvalue weighted by atomic mass is 32.2. The molecule has 2 aliphatic rings. The Morgan fingerprint density at radius 3 is 2.14 bits per heavy atom. The number of morpholine rings is 1. The van der Waals surface area contributed by atoms with Gasteiger partial charge >= 0.3 is 6.03 Å². The number of amides is 3. The molecule has 3 amide bonds. The van der Waals surface area contributed by atoms with Crippen LogP contribution < -0.4 is 10.2 Å². The summed E-state index contributed by atoms with van der Waals surface area (Å²) in [6, 6.07) is 9.26. The molecular formula is C22H25FN4O7S. The molecule has 0 saturated carbocycles. The first-order valence-corrected chi connectivity index (χ1v) is 12.3. The minimum Gasteiger partial charge on any atom is -0.457 e. The third-order valence-corrected chi connectivity index (χ3v) is 7.70. The minimum atomic E-state index is -4.15. The van der Waals surface area contributed by atoms with E-state index in [-0.39, 0.29) is 30.6 Å². The molecule has 0 aromatic heterocycles. The van der Waals surface area contributed by atoms with Crippen molar-refractivity contribution in [1.29, 1.82) is 0 Å². The molecule has 13 heteroatoms. The van der Waals surface area contributed by atoms with Gasteiger partial charge in [-0.15, -0.1) is 0 Å². The second-order valence-electron chi connectivity index (χ2n) is 7.96. The molecule has 0 unspecified atom stereocenters. The van der Waals surface area contributed by atoms with Gasteiger partial charge in [0.15, 0.2) is 0 Å². The molecule has 0 radical (unpaired) electrons. The summed E-state index contributed by atoms with van der Waals surface area (Å²) < 4.78 is 51.6. The topological polar surface area (TPSA) is 129 Å². The van der Waals surface area contributed by atoms with Crippen molar-refractivity contribution in [1.82, 2.24) is 19.6 Å². The Morgan fingerprint density at radius 2 is 1.54 bits per heavy atom. The molecule has 2 fully saturated rings. The SMILES string of the molecule is O=C(NO)[C@H]1CN(C(=O)N2CCOCC2)CCN1S(=O)(=O)c1ccc(Oc2ccc(F)cc2)cc1.